The lowest BCUT2D eigenvalue weighted by atomic mass is 9.33. The Kier molecular flexibility index (Phi) is 15.1. The monoisotopic (exact) mass is 1380 g/mol. The molecule has 0 amide bonds. The number of hydrogen-bond acceptors (Lipinski definition) is 2. The second-order valence-electron chi connectivity index (χ2n) is 30.6. The van der Waals surface area contributed by atoms with E-state index in [2.05, 4.69) is 431 Å². The Balaban J connectivity index is 0.976. The molecule has 0 spiro atoms. The van der Waals surface area contributed by atoms with Crippen molar-refractivity contribution in [2.75, 3.05) is 9.80 Å². The molecule has 0 N–H and O–H groups in total. The van der Waals surface area contributed by atoms with Crippen LogP contribution in [0, 0.1) is 0 Å². The highest BCUT2D eigenvalue weighted by molar-refractivity contribution is 7.21. The van der Waals surface area contributed by atoms with Crippen LogP contribution in [0.3, 0.4) is 0 Å². The topological polar surface area (TPSA) is 16.3 Å². The van der Waals surface area contributed by atoms with Gasteiger partial charge in [-0.05, 0) is 153 Å². The smallest absolute Gasteiger partial charge is 0.252 e. The number of anilines is 6. The molecule has 17 aromatic rings. The molecule has 502 valence electrons. The summed E-state index contributed by atoms with van der Waals surface area (Å²) in [5, 5.41) is 15.5. The van der Waals surface area contributed by atoms with Gasteiger partial charge in [-0.15, -0.1) is 0 Å². The van der Waals surface area contributed by atoms with Crippen LogP contribution >= 0.6 is 0 Å². The molecule has 19 rings (SSSR count). The van der Waals surface area contributed by atoms with Crippen molar-refractivity contribution in [1.82, 2.24) is 9.13 Å². The number of aromatic nitrogens is 2. The first kappa shape index (κ1) is 63.9. The largest absolute Gasteiger partial charge is 0.312 e. The van der Waals surface area contributed by atoms with Crippen molar-refractivity contribution in [3.8, 4) is 11.4 Å². The van der Waals surface area contributed by atoms with E-state index >= 15 is 0 Å². The van der Waals surface area contributed by atoms with Gasteiger partial charge in [-0.25, -0.2) is 0 Å². The van der Waals surface area contributed by atoms with Crippen LogP contribution < -0.4 is 67.7 Å². The molecule has 0 fully saturated rings. The fourth-order valence-electron chi connectivity index (χ4n) is 18.5. The zero-order valence-electron chi connectivity index (χ0n) is 60.1. The molecular weight excluding hydrogens is 1300 g/mol. The van der Waals surface area contributed by atoms with Gasteiger partial charge in [0.05, 0.1) is 22.1 Å². The molecule has 0 saturated heterocycles. The van der Waals surface area contributed by atoms with Gasteiger partial charge in [-0.2, -0.15) is 0 Å². The summed E-state index contributed by atoms with van der Waals surface area (Å²) < 4.78 is 5.19. The quantitative estimate of drug-likeness (QED) is 0.0895. The third kappa shape index (κ3) is 9.78. The van der Waals surface area contributed by atoms with Gasteiger partial charge in [0.15, 0.2) is 16.1 Å². The van der Waals surface area contributed by atoms with E-state index in [1.807, 2.05) is 0 Å². The van der Waals surface area contributed by atoms with Crippen LogP contribution in [0.2, 0.25) is 0 Å². The highest BCUT2D eigenvalue weighted by Gasteiger charge is 2.50. The Labute approximate surface area is 618 Å². The average Bonchev–Trinajstić information content (AvgIpc) is 1.39. The molecule has 7 heteroatoms. The van der Waals surface area contributed by atoms with Crippen molar-refractivity contribution in [3.05, 3.63) is 381 Å². The molecule has 2 aromatic heterocycles. The van der Waals surface area contributed by atoms with Crippen LogP contribution in [0.25, 0.3) is 55.0 Å². The predicted molar refractivity (Wildman–Crippen MR) is 454 cm³/mol. The standard InChI is InChI=1S/C98H79BN4Si2/c1-97(2,3)80-52-33-50-78-76-48-25-27-54-84(76)100(95(78)80)68-62-64-86-82(66-68)99-83-67-69(101-85-55-28-26-49-77(85)79-51-34-53-81(96(79)101)98(4,5)6)63-65-87(83)103(89-57-30-32-61-93(89)105(73-42-19-10-20-43-73,74-44-21-11-22-45-74)75-46-23-12-24-47-75)91-59-35-58-90(94(91)99)102(86)88-56-29-31-60-92(88)104(70-36-13-7-14-37-70,71-38-15-8-16-39-71)72-40-17-9-18-41-72/h7-67H,1-6H3. The van der Waals surface area contributed by atoms with Gasteiger partial charge in [0, 0.05) is 67.0 Å². The van der Waals surface area contributed by atoms with Crippen molar-refractivity contribution in [2.45, 2.75) is 52.4 Å². The van der Waals surface area contributed by atoms with E-state index in [1.54, 1.807) is 0 Å². The van der Waals surface area contributed by atoms with Gasteiger partial charge in [-0.3, -0.25) is 0 Å². The summed E-state index contributed by atoms with van der Waals surface area (Å²) >= 11 is 0. The summed E-state index contributed by atoms with van der Waals surface area (Å²) in [5.74, 6) is 0. The Hall–Kier alpha value is -12.0. The molecule has 15 aromatic carbocycles. The van der Waals surface area contributed by atoms with Gasteiger partial charge in [0.25, 0.3) is 6.71 Å². The van der Waals surface area contributed by atoms with Crippen LogP contribution in [0.5, 0.6) is 0 Å². The summed E-state index contributed by atoms with van der Waals surface area (Å²) in [6.07, 6.45) is 0. The van der Waals surface area contributed by atoms with E-state index in [0.717, 1.165) is 45.5 Å². The maximum Gasteiger partial charge on any atom is 0.252 e. The normalized spacial score (nSPS) is 13.0. The fraction of sp³-hybridized carbons (Fsp3) is 0.0816. The number of nitrogens with zero attached hydrogens (tertiary/aromatic N) is 4. The van der Waals surface area contributed by atoms with Gasteiger partial charge < -0.3 is 18.9 Å². The highest BCUT2D eigenvalue weighted by Crippen LogP contribution is 2.47. The van der Waals surface area contributed by atoms with Gasteiger partial charge in [0.2, 0.25) is 0 Å². The number of benzene rings is 15. The summed E-state index contributed by atoms with van der Waals surface area (Å²) in [6.45, 7) is 13.9. The zero-order chi connectivity index (χ0) is 70.8. The molecule has 0 saturated carbocycles. The summed E-state index contributed by atoms with van der Waals surface area (Å²) in [7, 11) is -6.48. The maximum atomic E-state index is 2.70. The lowest BCUT2D eigenvalue weighted by molar-refractivity contribution is 0.593. The molecule has 0 radical (unpaired) electrons. The number of fused-ring (bicyclic) bond motifs is 10. The van der Waals surface area contributed by atoms with Crippen LogP contribution in [0.1, 0.15) is 52.7 Å². The van der Waals surface area contributed by atoms with Crippen molar-refractivity contribution >= 4 is 158 Å². The van der Waals surface area contributed by atoms with Crippen LogP contribution in [0.4, 0.5) is 34.1 Å². The average molecular weight is 1380 g/mol. The molecule has 0 unspecified atom stereocenters. The lowest BCUT2D eigenvalue weighted by Crippen LogP contribution is -2.75. The molecule has 0 aliphatic carbocycles. The van der Waals surface area contributed by atoms with Crippen molar-refractivity contribution in [2.24, 2.45) is 0 Å². The van der Waals surface area contributed by atoms with Crippen molar-refractivity contribution in [1.29, 1.82) is 0 Å². The Bertz CT molecular complexity index is 5630. The van der Waals surface area contributed by atoms with E-state index in [4.69, 9.17) is 0 Å². The van der Waals surface area contributed by atoms with Crippen LogP contribution in [-0.4, -0.2) is 32.0 Å². The minimum atomic E-state index is -3.24. The summed E-state index contributed by atoms with van der Waals surface area (Å²) in [4.78, 5) is 5.40. The van der Waals surface area contributed by atoms with Crippen molar-refractivity contribution in [3.63, 3.8) is 0 Å². The molecule has 2 aliphatic heterocycles. The van der Waals surface area contributed by atoms with E-state index in [0.29, 0.717) is 0 Å². The predicted octanol–water partition coefficient (Wildman–Crippen LogP) is 17.3. The minimum Gasteiger partial charge on any atom is -0.312 e. The van der Waals surface area contributed by atoms with E-state index in [-0.39, 0.29) is 17.5 Å². The maximum absolute atomic E-state index is 3.24. The van der Waals surface area contributed by atoms with Gasteiger partial charge >= 0.3 is 0 Å². The molecular formula is C98H79BN4Si2. The first-order valence-electron chi connectivity index (χ1n) is 37.0. The molecule has 4 nitrogen and oxygen atoms in total. The highest BCUT2D eigenvalue weighted by atomic mass is 28.3. The molecule has 0 bridgehead atoms. The van der Waals surface area contributed by atoms with Gasteiger partial charge in [0.1, 0.15) is 0 Å². The Morgan fingerprint density at radius 1 is 0.248 bits per heavy atom. The van der Waals surface area contributed by atoms with Crippen LogP contribution in [0.15, 0.2) is 370 Å². The minimum absolute atomic E-state index is 0.166. The number of hydrogen-bond donors (Lipinski definition) is 0. The van der Waals surface area contributed by atoms with Crippen molar-refractivity contribution < 1.29 is 0 Å². The number of rotatable bonds is 12. The van der Waals surface area contributed by atoms with Gasteiger partial charge in [-0.1, -0.05) is 339 Å². The fourth-order valence-corrected chi connectivity index (χ4v) is 28.4. The molecule has 0 atom stereocenters. The van der Waals surface area contributed by atoms with E-state index < -0.39 is 16.1 Å². The lowest BCUT2D eigenvalue weighted by Gasteiger charge is -2.46. The summed E-state index contributed by atoms with van der Waals surface area (Å²) in [6, 6.07) is 142. The van der Waals surface area contributed by atoms with E-state index in [9.17, 15) is 0 Å². The SMILES string of the molecule is CC(C)(C)c1cccc2c3ccccc3n(-c3ccc4c(c3)B3c5cc(-n6c7ccccc7c7cccc(C(C)(C)C)c76)ccc5N(c5ccccc5[Si](c5ccccc5)(c5ccccc5)c5ccccc5)c5cccc(c53)N4c3ccccc3[Si](c3ccccc3)(c3ccccc3)c3ccccc3)c12. The van der Waals surface area contributed by atoms with Crippen LogP contribution in [-0.2, 0) is 10.8 Å². The Morgan fingerprint density at radius 2 is 0.533 bits per heavy atom. The second-order valence-corrected chi connectivity index (χ2v) is 38.2. The third-order valence-corrected chi connectivity index (χ3v) is 32.5. The van der Waals surface area contributed by atoms with E-state index in [1.165, 1.54) is 113 Å². The Morgan fingerprint density at radius 3 is 0.876 bits per heavy atom. The molecule has 2 aliphatic rings. The molecule has 105 heavy (non-hydrogen) atoms. The second kappa shape index (κ2) is 24.9. The molecule has 4 heterocycles. The first-order chi connectivity index (χ1) is 51.4. The zero-order valence-corrected chi connectivity index (χ0v) is 62.1. The third-order valence-electron chi connectivity index (χ3n) is 22.8. The summed E-state index contributed by atoms with van der Waals surface area (Å²) in [5.41, 5.74) is 20.0. The number of para-hydroxylation sites is 6. The first-order valence-corrected chi connectivity index (χ1v) is 41.0.